The molecule has 2 heterocycles. The minimum Gasteiger partial charge on any atom is -0.435 e. The summed E-state index contributed by atoms with van der Waals surface area (Å²) in [6.07, 6.45) is -3.74. The van der Waals surface area contributed by atoms with Crippen LogP contribution in [0.5, 0.6) is 5.75 Å². The van der Waals surface area contributed by atoms with Crippen molar-refractivity contribution in [1.82, 2.24) is 19.6 Å². The number of nitrogens with zero attached hydrogens (tertiary/aromatic N) is 4. The molecule has 0 radical (unpaired) electrons. The number of fused-ring (bicyclic) bond motifs is 1. The Hall–Kier alpha value is -2.78. The lowest BCUT2D eigenvalue weighted by Gasteiger charge is -2.11. The molecule has 3 rings (SSSR count). The maximum Gasteiger partial charge on any atom is 0.433 e. The highest BCUT2D eigenvalue weighted by molar-refractivity contribution is 5.63. The lowest BCUT2D eigenvalue weighted by Crippen LogP contribution is -2.13. The fourth-order valence-corrected chi connectivity index (χ4v) is 1.99. The second-order valence-electron chi connectivity index (χ2n) is 4.40. The van der Waals surface area contributed by atoms with Gasteiger partial charge in [-0.3, -0.25) is 0 Å². The van der Waals surface area contributed by atoms with Crippen molar-refractivity contribution in [2.45, 2.75) is 12.8 Å². The Bertz CT molecular complexity index is 846. The highest BCUT2D eigenvalue weighted by Crippen LogP contribution is 2.32. The van der Waals surface area contributed by atoms with Gasteiger partial charge in [-0.1, -0.05) is 12.1 Å². The van der Waals surface area contributed by atoms with Gasteiger partial charge in [-0.15, -0.1) is 0 Å². The van der Waals surface area contributed by atoms with Crippen LogP contribution in [-0.2, 0) is 6.18 Å². The Balaban J connectivity index is 2.13. The van der Waals surface area contributed by atoms with Crippen LogP contribution in [0.4, 0.5) is 22.0 Å². The van der Waals surface area contributed by atoms with Crippen LogP contribution in [0.3, 0.4) is 0 Å². The molecule has 2 aromatic heterocycles. The van der Waals surface area contributed by atoms with Crippen LogP contribution in [0, 0.1) is 0 Å². The summed E-state index contributed by atoms with van der Waals surface area (Å²) >= 11 is 0. The van der Waals surface area contributed by atoms with Crippen LogP contribution in [0.15, 0.2) is 36.7 Å². The van der Waals surface area contributed by atoms with Gasteiger partial charge < -0.3 is 4.74 Å². The number of hydrogen-bond acceptors (Lipinski definition) is 4. The summed E-state index contributed by atoms with van der Waals surface area (Å²) < 4.78 is 68.6. The zero-order valence-corrected chi connectivity index (χ0v) is 11.1. The Labute approximate surface area is 125 Å². The largest absolute Gasteiger partial charge is 0.435 e. The normalized spacial score (nSPS) is 12.1. The zero-order chi connectivity index (χ0) is 16.6. The second-order valence-corrected chi connectivity index (χ2v) is 4.40. The van der Waals surface area contributed by atoms with Crippen molar-refractivity contribution < 1.29 is 26.7 Å². The third-order valence-electron chi connectivity index (χ3n) is 2.90. The highest BCUT2D eigenvalue weighted by Gasteiger charge is 2.35. The number of alkyl halides is 5. The Morgan fingerprint density at radius 2 is 1.91 bits per heavy atom. The lowest BCUT2D eigenvalue weighted by molar-refractivity contribution is -0.142. The molecule has 0 fully saturated rings. The molecule has 5 nitrogen and oxygen atoms in total. The molecule has 3 aromatic rings. The van der Waals surface area contributed by atoms with Gasteiger partial charge in [0.1, 0.15) is 12.1 Å². The van der Waals surface area contributed by atoms with E-state index < -0.39 is 18.5 Å². The third-order valence-corrected chi connectivity index (χ3v) is 2.90. The van der Waals surface area contributed by atoms with Crippen molar-refractivity contribution in [3.63, 3.8) is 0 Å². The monoisotopic (exact) mass is 330 g/mol. The first-order chi connectivity index (χ1) is 10.8. The van der Waals surface area contributed by atoms with Crippen LogP contribution in [0.25, 0.3) is 17.0 Å². The van der Waals surface area contributed by atoms with Gasteiger partial charge in [-0.05, 0) is 18.2 Å². The number of aromatic nitrogens is 4. The third kappa shape index (κ3) is 3.05. The van der Waals surface area contributed by atoms with Crippen molar-refractivity contribution in [1.29, 1.82) is 0 Å². The van der Waals surface area contributed by atoms with E-state index in [1.807, 2.05) is 0 Å². The molecule has 0 saturated heterocycles. The maximum absolute atomic E-state index is 13.1. The van der Waals surface area contributed by atoms with E-state index in [0.29, 0.717) is 4.52 Å². The number of halogens is 5. The van der Waals surface area contributed by atoms with Gasteiger partial charge >= 0.3 is 12.8 Å². The summed E-state index contributed by atoms with van der Waals surface area (Å²) in [6, 6.07) is 5.99. The molecule has 0 aliphatic rings. The molecule has 0 aliphatic carbocycles. The van der Waals surface area contributed by atoms with E-state index in [2.05, 4.69) is 19.8 Å². The highest BCUT2D eigenvalue weighted by atomic mass is 19.4. The first kappa shape index (κ1) is 15.1. The number of benzene rings is 1. The molecule has 0 N–H and O–H groups in total. The van der Waals surface area contributed by atoms with Gasteiger partial charge in [0.05, 0.1) is 5.69 Å². The van der Waals surface area contributed by atoms with Gasteiger partial charge in [0.15, 0.2) is 5.69 Å². The summed E-state index contributed by atoms with van der Waals surface area (Å²) in [4.78, 5) is 7.59. The SMILES string of the molecule is FC(F)Oc1cccc(-c2cc(C(F)(F)F)n3ncnc3n2)c1. The van der Waals surface area contributed by atoms with Crippen molar-refractivity contribution in [2.75, 3.05) is 0 Å². The van der Waals surface area contributed by atoms with Gasteiger partial charge in [0, 0.05) is 5.56 Å². The zero-order valence-electron chi connectivity index (χ0n) is 11.1. The molecule has 0 aliphatic heterocycles. The molecule has 0 amide bonds. The lowest BCUT2D eigenvalue weighted by atomic mass is 10.1. The fourth-order valence-electron chi connectivity index (χ4n) is 1.99. The average Bonchev–Trinajstić information content (AvgIpc) is 2.92. The first-order valence-corrected chi connectivity index (χ1v) is 6.18. The van der Waals surface area contributed by atoms with E-state index in [1.165, 1.54) is 24.3 Å². The van der Waals surface area contributed by atoms with Crippen LogP contribution in [0.1, 0.15) is 5.69 Å². The molecular weight excluding hydrogens is 323 g/mol. The van der Waals surface area contributed by atoms with E-state index in [1.54, 1.807) is 0 Å². The van der Waals surface area contributed by atoms with Gasteiger partial charge in [-0.2, -0.15) is 36.6 Å². The number of hydrogen-bond donors (Lipinski definition) is 0. The van der Waals surface area contributed by atoms with Crippen LogP contribution in [-0.4, -0.2) is 26.2 Å². The molecule has 0 atom stereocenters. The van der Waals surface area contributed by atoms with Crippen molar-refractivity contribution >= 4 is 5.78 Å². The summed E-state index contributed by atoms with van der Waals surface area (Å²) in [6.45, 7) is -3.04. The predicted octanol–water partition coefficient (Wildman–Crippen LogP) is 3.41. The summed E-state index contributed by atoms with van der Waals surface area (Å²) in [5.74, 6) is -0.441. The molecule has 1 aromatic carbocycles. The number of rotatable bonds is 3. The minimum absolute atomic E-state index is 0.0856. The van der Waals surface area contributed by atoms with Gasteiger partial charge in [0.25, 0.3) is 5.78 Å². The Morgan fingerprint density at radius 1 is 1.13 bits per heavy atom. The minimum atomic E-state index is -4.68. The topological polar surface area (TPSA) is 52.3 Å². The Kier molecular flexibility index (Phi) is 3.58. The molecular formula is C13H7F5N4O. The van der Waals surface area contributed by atoms with E-state index in [0.717, 1.165) is 12.4 Å². The van der Waals surface area contributed by atoms with E-state index in [4.69, 9.17) is 0 Å². The van der Waals surface area contributed by atoms with Crippen LogP contribution >= 0.6 is 0 Å². The van der Waals surface area contributed by atoms with Gasteiger partial charge in [0.2, 0.25) is 0 Å². The Morgan fingerprint density at radius 3 is 2.61 bits per heavy atom. The summed E-state index contributed by atoms with van der Waals surface area (Å²) in [7, 11) is 0. The molecule has 0 bridgehead atoms. The van der Waals surface area contributed by atoms with E-state index in [9.17, 15) is 22.0 Å². The number of ether oxygens (including phenoxy) is 1. The quantitative estimate of drug-likeness (QED) is 0.691. The average molecular weight is 330 g/mol. The smallest absolute Gasteiger partial charge is 0.433 e. The molecule has 10 heteroatoms. The summed E-state index contributed by atoms with van der Waals surface area (Å²) in [5.41, 5.74) is -0.980. The maximum atomic E-state index is 13.1. The second kappa shape index (κ2) is 5.45. The van der Waals surface area contributed by atoms with E-state index in [-0.39, 0.29) is 22.8 Å². The van der Waals surface area contributed by atoms with Crippen molar-refractivity contribution in [3.8, 4) is 17.0 Å². The van der Waals surface area contributed by atoms with Crippen LogP contribution < -0.4 is 4.74 Å². The van der Waals surface area contributed by atoms with Gasteiger partial charge in [-0.25, -0.2) is 4.98 Å². The van der Waals surface area contributed by atoms with Crippen LogP contribution in [0.2, 0.25) is 0 Å². The van der Waals surface area contributed by atoms with E-state index >= 15 is 0 Å². The molecule has 0 saturated carbocycles. The molecule has 0 spiro atoms. The molecule has 23 heavy (non-hydrogen) atoms. The standard InChI is InChI=1S/C13H7F5N4O/c14-11(15)23-8-3-1-2-7(4-8)9-5-10(13(16,17)18)22-12(21-9)19-6-20-22/h1-6,11H. The molecule has 0 unspecified atom stereocenters. The van der Waals surface area contributed by atoms with Crippen molar-refractivity contribution in [3.05, 3.63) is 42.4 Å². The molecule has 120 valence electrons. The van der Waals surface area contributed by atoms with Crippen molar-refractivity contribution in [2.24, 2.45) is 0 Å². The summed E-state index contributed by atoms with van der Waals surface area (Å²) in [5, 5.41) is 3.48. The predicted molar refractivity (Wildman–Crippen MR) is 67.9 cm³/mol. The fraction of sp³-hybridized carbons (Fsp3) is 0.154. The first-order valence-electron chi connectivity index (χ1n) is 6.18.